The lowest BCUT2D eigenvalue weighted by Gasteiger charge is -2.23. The van der Waals surface area contributed by atoms with Gasteiger partial charge in [0, 0.05) is 10.2 Å². The molecule has 0 heterocycles. The van der Waals surface area contributed by atoms with Crippen molar-refractivity contribution < 1.29 is 4.79 Å². The van der Waals surface area contributed by atoms with Crippen LogP contribution in [-0.2, 0) is 4.79 Å². The van der Waals surface area contributed by atoms with Crippen LogP contribution in [0.1, 0.15) is 11.6 Å². The van der Waals surface area contributed by atoms with E-state index in [1.807, 2.05) is 73.6 Å². The molecule has 0 saturated heterocycles. The van der Waals surface area contributed by atoms with Crippen LogP contribution in [0.4, 0.5) is 5.69 Å². The van der Waals surface area contributed by atoms with Crippen LogP contribution in [0.15, 0.2) is 59.1 Å². The van der Waals surface area contributed by atoms with E-state index in [0.29, 0.717) is 0 Å². The minimum Gasteiger partial charge on any atom is -0.324 e. The van der Waals surface area contributed by atoms with Gasteiger partial charge in [0.05, 0.1) is 0 Å². The Labute approximate surface area is 127 Å². The maximum absolute atomic E-state index is 12.5. The van der Waals surface area contributed by atoms with Crippen molar-refractivity contribution >= 4 is 27.5 Å². The number of anilines is 1. The van der Waals surface area contributed by atoms with Gasteiger partial charge < -0.3 is 5.32 Å². The van der Waals surface area contributed by atoms with Crippen LogP contribution in [-0.4, -0.2) is 24.9 Å². The Morgan fingerprint density at radius 3 is 2.40 bits per heavy atom. The minimum atomic E-state index is -0.310. The summed E-state index contributed by atoms with van der Waals surface area (Å²) in [5, 5.41) is 2.95. The standard InChI is InChI=1S/C16H17BrN2O/c1-19(2)15(12-7-4-3-5-8-12)16(20)18-14-10-6-9-13(17)11-14/h3-11,15H,1-2H3,(H,18,20). The van der Waals surface area contributed by atoms with E-state index in [9.17, 15) is 4.79 Å². The number of carbonyl (C=O) groups excluding carboxylic acids is 1. The average molecular weight is 333 g/mol. The maximum atomic E-state index is 12.5. The number of benzene rings is 2. The smallest absolute Gasteiger partial charge is 0.246 e. The largest absolute Gasteiger partial charge is 0.324 e. The highest BCUT2D eigenvalue weighted by molar-refractivity contribution is 9.10. The van der Waals surface area contributed by atoms with Crippen molar-refractivity contribution in [2.24, 2.45) is 0 Å². The maximum Gasteiger partial charge on any atom is 0.246 e. The second kappa shape index (κ2) is 6.68. The normalized spacial score (nSPS) is 12.2. The van der Waals surface area contributed by atoms with Gasteiger partial charge in [-0.25, -0.2) is 0 Å². The fourth-order valence-corrected chi connectivity index (χ4v) is 2.50. The van der Waals surface area contributed by atoms with E-state index in [1.165, 1.54) is 0 Å². The van der Waals surface area contributed by atoms with E-state index in [-0.39, 0.29) is 11.9 Å². The summed E-state index contributed by atoms with van der Waals surface area (Å²) < 4.78 is 0.941. The van der Waals surface area contributed by atoms with Gasteiger partial charge in [-0.1, -0.05) is 52.3 Å². The number of hydrogen-bond donors (Lipinski definition) is 1. The van der Waals surface area contributed by atoms with Crippen molar-refractivity contribution in [1.82, 2.24) is 4.90 Å². The van der Waals surface area contributed by atoms with Crippen molar-refractivity contribution in [3.63, 3.8) is 0 Å². The third-order valence-electron chi connectivity index (χ3n) is 2.97. The van der Waals surface area contributed by atoms with Crippen molar-refractivity contribution in [3.05, 3.63) is 64.6 Å². The molecule has 2 aromatic rings. The van der Waals surface area contributed by atoms with Gasteiger partial charge in [0.25, 0.3) is 0 Å². The molecule has 1 unspecified atom stereocenters. The number of hydrogen-bond acceptors (Lipinski definition) is 2. The second-order valence-electron chi connectivity index (χ2n) is 4.78. The van der Waals surface area contributed by atoms with Gasteiger partial charge >= 0.3 is 0 Å². The highest BCUT2D eigenvalue weighted by Crippen LogP contribution is 2.21. The van der Waals surface area contributed by atoms with Gasteiger partial charge in [0.2, 0.25) is 5.91 Å². The number of carbonyl (C=O) groups is 1. The lowest BCUT2D eigenvalue weighted by Crippen LogP contribution is -2.32. The van der Waals surface area contributed by atoms with Crippen LogP contribution in [0.25, 0.3) is 0 Å². The van der Waals surface area contributed by atoms with Crippen molar-refractivity contribution in [3.8, 4) is 0 Å². The second-order valence-corrected chi connectivity index (χ2v) is 5.69. The number of likely N-dealkylation sites (N-methyl/N-ethyl adjacent to an activating group) is 1. The Kier molecular flexibility index (Phi) is 4.93. The van der Waals surface area contributed by atoms with Crippen molar-refractivity contribution in [1.29, 1.82) is 0 Å². The summed E-state index contributed by atoms with van der Waals surface area (Å²) >= 11 is 3.40. The van der Waals surface area contributed by atoms with E-state index in [0.717, 1.165) is 15.7 Å². The zero-order valence-electron chi connectivity index (χ0n) is 11.5. The SMILES string of the molecule is CN(C)C(C(=O)Nc1cccc(Br)c1)c1ccccc1. The summed E-state index contributed by atoms with van der Waals surface area (Å²) in [6.07, 6.45) is 0. The summed E-state index contributed by atoms with van der Waals surface area (Å²) in [4.78, 5) is 14.4. The first-order valence-corrected chi connectivity index (χ1v) is 7.15. The first-order chi connectivity index (χ1) is 9.58. The lowest BCUT2D eigenvalue weighted by molar-refractivity contribution is -0.120. The molecule has 0 fully saturated rings. The molecule has 1 atom stereocenters. The zero-order chi connectivity index (χ0) is 14.5. The lowest BCUT2D eigenvalue weighted by atomic mass is 10.1. The molecule has 2 aromatic carbocycles. The van der Waals surface area contributed by atoms with Crippen LogP contribution in [0, 0.1) is 0 Å². The van der Waals surface area contributed by atoms with Gasteiger partial charge in [0.15, 0.2) is 0 Å². The third kappa shape index (κ3) is 3.68. The Morgan fingerprint density at radius 2 is 1.80 bits per heavy atom. The molecule has 3 nitrogen and oxygen atoms in total. The average Bonchev–Trinajstić information content (AvgIpc) is 2.39. The molecular formula is C16H17BrN2O. The first kappa shape index (κ1) is 14.8. The Morgan fingerprint density at radius 1 is 1.10 bits per heavy atom. The van der Waals surface area contributed by atoms with E-state index in [1.54, 1.807) is 0 Å². The van der Waals surface area contributed by atoms with Crippen molar-refractivity contribution in [2.45, 2.75) is 6.04 Å². The monoisotopic (exact) mass is 332 g/mol. The van der Waals surface area contributed by atoms with Gasteiger partial charge in [-0.05, 0) is 37.9 Å². The summed E-state index contributed by atoms with van der Waals surface area (Å²) in [6.45, 7) is 0. The van der Waals surface area contributed by atoms with Gasteiger partial charge in [-0.2, -0.15) is 0 Å². The van der Waals surface area contributed by atoms with Crippen LogP contribution < -0.4 is 5.32 Å². The van der Waals surface area contributed by atoms with Crippen molar-refractivity contribution in [2.75, 3.05) is 19.4 Å². The fourth-order valence-electron chi connectivity index (χ4n) is 2.10. The first-order valence-electron chi connectivity index (χ1n) is 6.36. The van der Waals surface area contributed by atoms with Crippen LogP contribution in [0.2, 0.25) is 0 Å². The quantitative estimate of drug-likeness (QED) is 0.925. The topological polar surface area (TPSA) is 32.3 Å². The molecule has 0 aromatic heterocycles. The molecule has 1 N–H and O–H groups in total. The van der Waals surface area contributed by atoms with Gasteiger partial charge in [-0.15, -0.1) is 0 Å². The fraction of sp³-hybridized carbons (Fsp3) is 0.188. The summed E-state index contributed by atoms with van der Waals surface area (Å²) in [5.41, 5.74) is 1.76. The molecule has 0 saturated carbocycles. The van der Waals surface area contributed by atoms with Gasteiger partial charge in [0.1, 0.15) is 6.04 Å². The summed E-state index contributed by atoms with van der Waals surface area (Å²) in [6, 6.07) is 17.0. The van der Waals surface area contributed by atoms with Crippen LogP contribution >= 0.6 is 15.9 Å². The zero-order valence-corrected chi connectivity index (χ0v) is 13.1. The predicted molar refractivity (Wildman–Crippen MR) is 85.6 cm³/mol. The van der Waals surface area contributed by atoms with Gasteiger partial charge in [-0.3, -0.25) is 9.69 Å². The highest BCUT2D eigenvalue weighted by atomic mass is 79.9. The molecule has 104 valence electrons. The minimum absolute atomic E-state index is 0.0423. The molecule has 20 heavy (non-hydrogen) atoms. The predicted octanol–water partition coefficient (Wildman–Crippen LogP) is 3.69. The molecule has 0 radical (unpaired) electrons. The number of amides is 1. The molecular weight excluding hydrogens is 316 g/mol. The molecule has 1 amide bonds. The number of halogens is 1. The molecule has 0 aliphatic carbocycles. The third-order valence-corrected chi connectivity index (χ3v) is 3.47. The molecule has 0 spiro atoms. The molecule has 0 bridgehead atoms. The molecule has 2 rings (SSSR count). The molecule has 0 aliphatic rings. The van der Waals surface area contributed by atoms with E-state index in [2.05, 4.69) is 21.2 Å². The molecule has 0 aliphatic heterocycles. The van der Waals surface area contributed by atoms with E-state index < -0.39 is 0 Å². The Hall–Kier alpha value is -1.65. The van der Waals surface area contributed by atoms with Crippen LogP contribution in [0.5, 0.6) is 0 Å². The number of nitrogens with zero attached hydrogens (tertiary/aromatic N) is 1. The van der Waals surface area contributed by atoms with E-state index >= 15 is 0 Å². The number of rotatable bonds is 4. The molecule has 4 heteroatoms. The van der Waals surface area contributed by atoms with E-state index in [4.69, 9.17) is 0 Å². The number of nitrogens with one attached hydrogen (secondary N) is 1. The Balaban J connectivity index is 2.20. The van der Waals surface area contributed by atoms with Crippen LogP contribution in [0.3, 0.4) is 0 Å². The summed E-state index contributed by atoms with van der Waals surface area (Å²) in [5.74, 6) is -0.0423. The Bertz CT molecular complexity index is 584. The highest BCUT2D eigenvalue weighted by Gasteiger charge is 2.22. The summed E-state index contributed by atoms with van der Waals surface area (Å²) in [7, 11) is 3.80.